The minimum Gasteiger partial charge on any atom is -0.481 e. The molecule has 154 valence electrons. The number of hydrogen-bond donors (Lipinski definition) is 2. The van der Waals surface area contributed by atoms with E-state index < -0.39 is 17.9 Å². The van der Waals surface area contributed by atoms with Crippen LogP contribution in [0.5, 0.6) is 0 Å². The van der Waals surface area contributed by atoms with E-state index in [0.29, 0.717) is 25.8 Å². The van der Waals surface area contributed by atoms with Gasteiger partial charge in [0, 0.05) is 19.5 Å². The lowest BCUT2D eigenvalue weighted by atomic mass is 9.95. The van der Waals surface area contributed by atoms with E-state index in [1.165, 1.54) is 0 Å². The Bertz CT molecular complexity index is 502. The van der Waals surface area contributed by atoms with Gasteiger partial charge in [-0.3, -0.25) is 14.4 Å². The quantitative estimate of drug-likeness (QED) is 0.337. The molecule has 6 heteroatoms. The number of carboxylic acids is 1. The molecule has 0 aromatic rings. The second-order valence-corrected chi connectivity index (χ2v) is 7.40. The maximum absolute atomic E-state index is 12.8. The van der Waals surface area contributed by atoms with E-state index in [2.05, 4.69) is 18.5 Å². The maximum Gasteiger partial charge on any atom is 0.304 e. The summed E-state index contributed by atoms with van der Waals surface area (Å²) in [5.41, 5.74) is 0. The molecule has 0 bridgehead atoms. The summed E-state index contributed by atoms with van der Waals surface area (Å²) in [6.07, 6.45) is 7.36. The highest BCUT2D eigenvalue weighted by Crippen LogP contribution is 2.16. The Morgan fingerprint density at radius 2 is 1.70 bits per heavy atom. The van der Waals surface area contributed by atoms with Crippen LogP contribution in [0, 0.1) is 11.8 Å². The average molecular weight is 381 g/mol. The molecule has 0 heterocycles. The first-order valence-electron chi connectivity index (χ1n) is 9.71. The van der Waals surface area contributed by atoms with E-state index >= 15 is 0 Å². The van der Waals surface area contributed by atoms with Crippen molar-refractivity contribution in [1.29, 1.82) is 0 Å². The van der Waals surface area contributed by atoms with Gasteiger partial charge in [0.2, 0.25) is 11.8 Å². The molecule has 0 saturated heterocycles. The summed E-state index contributed by atoms with van der Waals surface area (Å²) in [6, 6.07) is -0.637. The number of carbonyl (C=O) groups excluding carboxylic acids is 2. The van der Waals surface area contributed by atoms with Crippen molar-refractivity contribution in [3.05, 3.63) is 25.3 Å². The van der Waals surface area contributed by atoms with E-state index in [4.69, 9.17) is 5.11 Å². The molecule has 0 aromatic heterocycles. The minimum atomic E-state index is -1.01. The predicted octanol–water partition coefficient (Wildman–Crippen LogP) is 3.39. The third-order valence-corrected chi connectivity index (χ3v) is 4.35. The van der Waals surface area contributed by atoms with E-state index in [0.717, 1.165) is 19.3 Å². The first kappa shape index (κ1) is 24.9. The Morgan fingerprint density at radius 1 is 1.11 bits per heavy atom. The Balaban J connectivity index is 5.06. The number of amides is 2. The molecule has 0 aliphatic rings. The van der Waals surface area contributed by atoms with Gasteiger partial charge in [-0.2, -0.15) is 0 Å². The van der Waals surface area contributed by atoms with E-state index in [1.807, 2.05) is 19.9 Å². The first-order chi connectivity index (χ1) is 12.7. The lowest BCUT2D eigenvalue weighted by Gasteiger charge is -2.27. The van der Waals surface area contributed by atoms with Crippen LogP contribution in [0.4, 0.5) is 0 Å². The van der Waals surface area contributed by atoms with Crippen LogP contribution in [0.1, 0.15) is 58.8 Å². The topological polar surface area (TPSA) is 86.7 Å². The Morgan fingerprint density at radius 3 is 2.22 bits per heavy atom. The monoisotopic (exact) mass is 380 g/mol. The number of nitrogens with zero attached hydrogens (tertiary/aromatic N) is 1. The zero-order valence-electron chi connectivity index (χ0n) is 17.1. The number of unbranched alkanes of at least 4 members (excludes halogenated alkanes) is 2. The fourth-order valence-electron chi connectivity index (χ4n) is 2.88. The van der Waals surface area contributed by atoms with Gasteiger partial charge >= 0.3 is 5.97 Å². The summed E-state index contributed by atoms with van der Waals surface area (Å²) in [5.74, 6) is -1.93. The number of allylic oxidation sites excluding steroid dienone is 2. The number of rotatable bonds is 15. The Labute approximate surface area is 163 Å². The van der Waals surface area contributed by atoms with Crippen LogP contribution >= 0.6 is 0 Å². The van der Waals surface area contributed by atoms with Gasteiger partial charge in [0.15, 0.2) is 0 Å². The summed E-state index contributed by atoms with van der Waals surface area (Å²) in [7, 11) is 1.73. The molecule has 0 fully saturated rings. The number of aliphatic carboxylic acids is 1. The largest absolute Gasteiger partial charge is 0.481 e. The molecule has 0 radical (unpaired) electrons. The lowest BCUT2D eigenvalue weighted by molar-refractivity contribution is -0.142. The summed E-state index contributed by atoms with van der Waals surface area (Å²) in [4.78, 5) is 38.2. The molecule has 2 atom stereocenters. The van der Waals surface area contributed by atoms with Crippen molar-refractivity contribution < 1.29 is 19.5 Å². The summed E-state index contributed by atoms with van der Waals surface area (Å²) >= 11 is 0. The molecule has 27 heavy (non-hydrogen) atoms. The highest BCUT2D eigenvalue weighted by Gasteiger charge is 2.28. The first-order valence-corrected chi connectivity index (χ1v) is 9.71. The molecule has 0 aliphatic carbocycles. The average Bonchev–Trinajstić information content (AvgIpc) is 2.59. The van der Waals surface area contributed by atoms with Gasteiger partial charge in [-0.25, -0.2) is 0 Å². The highest BCUT2D eigenvalue weighted by atomic mass is 16.4. The van der Waals surface area contributed by atoms with Crippen LogP contribution in [0.15, 0.2) is 25.3 Å². The number of nitrogens with one attached hydrogen (secondary N) is 1. The minimum absolute atomic E-state index is 0.138. The van der Waals surface area contributed by atoms with Gasteiger partial charge < -0.3 is 15.3 Å². The van der Waals surface area contributed by atoms with Crippen molar-refractivity contribution in [2.45, 2.75) is 64.8 Å². The number of carbonyl (C=O) groups is 3. The van der Waals surface area contributed by atoms with Crippen molar-refractivity contribution in [2.75, 3.05) is 13.6 Å². The molecule has 0 rings (SSSR count). The van der Waals surface area contributed by atoms with Crippen LogP contribution in [0.3, 0.4) is 0 Å². The summed E-state index contributed by atoms with van der Waals surface area (Å²) < 4.78 is 0. The zero-order valence-corrected chi connectivity index (χ0v) is 17.1. The van der Waals surface area contributed by atoms with Crippen LogP contribution in [-0.4, -0.2) is 47.4 Å². The molecular formula is C21H36N2O4. The summed E-state index contributed by atoms with van der Waals surface area (Å²) in [5, 5.41) is 11.9. The van der Waals surface area contributed by atoms with Gasteiger partial charge in [0.05, 0.1) is 6.42 Å². The molecule has 0 spiro atoms. The SMILES string of the molecule is C=CCCC[C@H](CC(=O)O)C(=O)N[C@@H](CC(C)C)C(=O)N(C)CCCC=C. The van der Waals surface area contributed by atoms with Crippen molar-refractivity contribution in [2.24, 2.45) is 11.8 Å². The Kier molecular flexibility index (Phi) is 12.9. The van der Waals surface area contributed by atoms with E-state index in [-0.39, 0.29) is 24.2 Å². The molecule has 0 saturated carbocycles. The smallest absolute Gasteiger partial charge is 0.304 e. The van der Waals surface area contributed by atoms with Crippen LogP contribution in [0.25, 0.3) is 0 Å². The Hall–Kier alpha value is -2.11. The van der Waals surface area contributed by atoms with Gasteiger partial charge in [0.1, 0.15) is 6.04 Å². The molecule has 0 aliphatic heterocycles. The molecule has 0 aromatic carbocycles. The van der Waals surface area contributed by atoms with E-state index in [9.17, 15) is 14.4 Å². The molecule has 6 nitrogen and oxygen atoms in total. The second-order valence-electron chi connectivity index (χ2n) is 7.40. The number of hydrogen-bond acceptors (Lipinski definition) is 3. The summed E-state index contributed by atoms with van der Waals surface area (Å²) in [6.45, 7) is 11.9. The van der Waals surface area contributed by atoms with Crippen molar-refractivity contribution in [3.63, 3.8) is 0 Å². The van der Waals surface area contributed by atoms with Crippen LogP contribution < -0.4 is 5.32 Å². The molecular weight excluding hydrogens is 344 g/mol. The van der Waals surface area contributed by atoms with Crippen molar-refractivity contribution >= 4 is 17.8 Å². The fraction of sp³-hybridized carbons (Fsp3) is 0.667. The van der Waals surface area contributed by atoms with Gasteiger partial charge in [0.25, 0.3) is 0 Å². The molecule has 0 unspecified atom stereocenters. The maximum atomic E-state index is 12.8. The lowest BCUT2D eigenvalue weighted by Crippen LogP contribution is -2.50. The standard InChI is InChI=1S/C21H36N2O4/c1-6-8-10-12-17(15-19(24)25)20(26)22-18(14-16(3)4)21(27)23(5)13-11-9-7-2/h6-7,16-18H,1-2,8-15H2,3-5H3,(H,22,26)(H,24,25)/t17-,18+/m1/s1. The fourth-order valence-corrected chi connectivity index (χ4v) is 2.88. The molecule has 2 amide bonds. The second kappa shape index (κ2) is 14.0. The number of likely N-dealkylation sites (N-methyl/N-ethyl adjacent to an activating group) is 1. The normalized spacial score (nSPS) is 12.9. The van der Waals surface area contributed by atoms with E-state index in [1.54, 1.807) is 18.0 Å². The predicted molar refractivity (Wildman–Crippen MR) is 108 cm³/mol. The van der Waals surface area contributed by atoms with Crippen molar-refractivity contribution in [1.82, 2.24) is 10.2 Å². The third-order valence-electron chi connectivity index (χ3n) is 4.35. The van der Waals surface area contributed by atoms with Crippen LogP contribution in [-0.2, 0) is 14.4 Å². The molecule has 2 N–H and O–H groups in total. The highest BCUT2D eigenvalue weighted by molar-refractivity contribution is 5.89. The third kappa shape index (κ3) is 11.3. The van der Waals surface area contributed by atoms with Crippen LogP contribution in [0.2, 0.25) is 0 Å². The van der Waals surface area contributed by atoms with Gasteiger partial charge in [-0.1, -0.05) is 26.0 Å². The zero-order chi connectivity index (χ0) is 20.8. The number of carboxylic acid groups (broad SMARTS) is 1. The van der Waals surface area contributed by atoms with Gasteiger partial charge in [-0.05, 0) is 44.4 Å². The van der Waals surface area contributed by atoms with Crippen molar-refractivity contribution in [3.8, 4) is 0 Å². The van der Waals surface area contributed by atoms with Gasteiger partial charge in [-0.15, -0.1) is 13.2 Å².